The van der Waals surface area contributed by atoms with Crippen LogP contribution in [-0.2, 0) is 4.74 Å². The highest BCUT2D eigenvalue weighted by atomic mass is 35.5. The Balaban J connectivity index is 0.000001000. The Morgan fingerprint density at radius 3 is 2.18 bits per heavy atom. The number of quaternary nitrogens is 1. The van der Waals surface area contributed by atoms with E-state index in [4.69, 9.17) is 20.1 Å². The number of halogens is 1. The standard InChI is InChI=1S/C5H11NO4.ClH/c6-5-4(9)3(8)2(7)1-10-5;/h2-5,7-9H,1,6H2;1H/t2-,3+,4+,5?;/m0./s1. The highest BCUT2D eigenvalue weighted by Crippen LogP contribution is 2.10. The van der Waals surface area contributed by atoms with Crippen molar-refractivity contribution in [1.29, 1.82) is 0 Å². The molecule has 11 heavy (non-hydrogen) atoms. The second kappa shape index (κ2) is 4.20. The van der Waals surface area contributed by atoms with Gasteiger partial charge >= 0.3 is 0 Å². The molecule has 0 bridgehead atoms. The number of rotatable bonds is 0. The maximum Gasteiger partial charge on any atom is 0.217 e. The van der Waals surface area contributed by atoms with Crippen molar-refractivity contribution in [3.63, 3.8) is 0 Å². The van der Waals surface area contributed by atoms with Crippen LogP contribution in [0.4, 0.5) is 0 Å². The van der Waals surface area contributed by atoms with E-state index in [2.05, 4.69) is 5.73 Å². The molecule has 0 saturated carbocycles. The SMILES string of the molecule is [Cl-].[NH3+]C1OC[C@H](O)[C@@H](O)[C@H]1O. The lowest BCUT2D eigenvalue weighted by Crippen LogP contribution is -3.00. The van der Waals surface area contributed by atoms with Crippen LogP contribution in [0.15, 0.2) is 0 Å². The van der Waals surface area contributed by atoms with Crippen molar-refractivity contribution in [3.8, 4) is 0 Å². The summed E-state index contributed by atoms with van der Waals surface area (Å²) < 4.78 is 4.80. The molecule has 1 fully saturated rings. The average molecular weight is 186 g/mol. The molecule has 4 atom stereocenters. The van der Waals surface area contributed by atoms with E-state index in [-0.39, 0.29) is 19.0 Å². The topological polar surface area (TPSA) is 97.6 Å². The molecule has 0 aromatic heterocycles. The van der Waals surface area contributed by atoms with Gasteiger partial charge in [0.25, 0.3) is 0 Å². The van der Waals surface area contributed by atoms with Crippen molar-refractivity contribution in [2.75, 3.05) is 6.61 Å². The number of hydrogen-bond acceptors (Lipinski definition) is 4. The quantitative estimate of drug-likeness (QED) is 0.302. The maximum atomic E-state index is 9.02. The Hall–Kier alpha value is 0.0900. The molecule has 1 heterocycles. The third-order valence-electron chi connectivity index (χ3n) is 1.61. The third kappa shape index (κ3) is 2.26. The number of aliphatic hydroxyl groups excluding tert-OH is 3. The Labute approximate surface area is 70.2 Å². The fourth-order valence-corrected chi connectivity index (χ4v) is 0.867. The number of ether oxygens (including phenoxy) is 1. The highest BCUT2D eigenvalue weighted by molar-refractivity contribution is 4.80. The van der Waals surface area contributed by atoms with Crippen LogP contribution in [0.25, 0.3) is 0 Å². The molecule has 0 aromatic rings. The molecule has 0 aliphatic carbocycles. The molecule has 0 amide bonds. The van der Waals surface area contributed by atoms with E-state index in [1.807, 2.05) is 0 Å². The van der Waals surface area contributed by atoms with Crippen molar-refractivity contribution in [3.05, 3.63) is 0 Å². The Bertz CT molecular complexity index is 111. The number of hydrogen-bond donors (Lipinski definition) is 4. The highest BCUT2D eigenvalue weighted by Gasteiger charge is 2.37. The second-order valence-electron chi connectivity index (χ2n) is 2.42. The minimum Gasteiger partial charge on any atom is -1.00 e. The smallest absolute Gasteiger partial charge is 0.217 e. The molecule has 1 rings (SSSR count). The summed E-state index contributed by atoms with van der Waals surface area (Å²) in [6.45, 7) is 0.0341. The predicted molar refractivity (Wildman–Crippen MR) is 30.6 cm³/mol. The second-order valence-corrected chi connectivity index (χ2v) is 2.42. The summed E-state index contributed by atoms with van der Waals surface area (Å²) in [6, 6.07) is 0. The van der Waals surface area contributed by atoms with Crippen LogP contribution in [0.2, 0.25) is 0 Å². The molecule has 1 unspecified atom stereocenters. The average Bonchev–Trinajstić information content (AvgIpc) is 1.93. The summed E-state index contributed by atoms with van der Waals surface area (Å²) in [6.07, 6.45) is -3.84. The van der Waals surface area contributed by atoms with Crippen LogP contribution in [0.3, 0.4) is 0 Å². The summed E-state index contributed by atoms with van der Waals surface area (Å²) >= 11 is 0. The van der Waals surface area contributed by atoms with Gasteiger partial charge in [0, 0.05) is 0 Å². The minimum absolute atomic E-state index is 0. The van der Waals surface area contributed by atoms with Gasteiger partial charge in [-0.05, 0) is 0 Å². The molecule has 6 N–H and O–H groups in total. The van der Waals surface area contributed by atoms with Gasteiger partial charge in [0.05, 0.1) is 6.61 Å². The van der Waals surface area contributed by atoms with E-state index in [1.165, 1.54) is 0 Å². The fourth-order valence-electron chi connectivity index (χ4n) is 0.867. The van der Waals surface area contributed by atoms with Gasteiger partial charge in [-0.15, -0.1) is 0 Å². The summed E-state index contributed by atoms with van der Waals surface area (Å²) in [7, 11) is 0. The summed E-state index contributed by atoms with van der Waals surface area (Å²) in [5.41, 5.74) is 3.42. The van der Waals surface area contributed by atoms with Crippen LogP contribution < -0.4 is 18.1 Å². The Morgan fingerprint density at radius 1 is 1.18 bits per heavy atom. The molecule has 1 aliphatic rings. The van der Waals surface area contributed by atoms with Crippen LogP contribution >= 0.6 is 0 Å². The van der Waals surface area contributed by atoms with Crippen molar-refractivity contribution in [1.82, 2.24) is 0 Å². The number of aliphatic hydroxyl groups is 3. The molecule has 5 nitrogen and oxygen atoms in total. The molecule has 1 aliphatic heterocycles. The van der Waals surface area contributed by atoms with Crippen LogP contribution in [0, 0.1) is 0 Å². The first-order chi connectivity index (χ1) is 4.63. The van der Waals surface area contributed by atoms with Crippen LogP contribution in [0.1, 0.15) is 0 Å². The van der Waals surface area contributed by atoms with E-state index in [0.717, 1.165) is 0 Å². The van der Waals surface area contributed by atoms with Gasteiger partial charge < -0.3 is 38.2 Å². The van der Waals surface area contributed by atoms with Crippen molar-refractivity contribution >= 4 is 0 Å². The largest absolute Gasteiger partial charge is 1.00 e. The lowest BCUT2D eigenvalue weighted by Gasteiger charge is -2.30. The first-order valence-corrected chi connectivity index (χ1v) is 3.12. The molecule has 1 saturated heterocycles. The van der Waals surface area contributed by atoms with E-state index < -0.39 is 24.5 Å². The van der Waals surface area contributed by atoms with Crippen molar-refractivity contribution in [2.24, 2.45) is 0 Å². The zero-order valence-corrected chi connectivity index (χ0v) is 6.61. The summed E-state index contributed by atoms with van der Waals surface area (Å²) in [5, 5.41) is 26.9. The molecule has 0 spiro atoms. The molecule has 0 radical (unpaired) electrons. The minimum atomic E-state index is -1.13. The summed E-state index contributed by atoms with van der Waals surface area (Å²) in [4.78, 5) is 0. The van der Waals surface area contributed by atoms with Gasteiger partial charge in [-0.2, -0.15) is 0 Å². The van der Waals surface area contributed by atoms with Crippen LogP contribution in [0.5, 0.6) is 0 Å². The van der Waals surface area contributed by atoms with Gasteiger partial charge in [0.15, 0.2) is 6.10 Å². The Morgan fingerprint density at radius 2 is 1.73 bits per heavy atom. The monoisotopic (exact) mass is 185 g/mol. The molecular weight excluding hydrogens is 174 g/mol. The first-order valence-electron chi connectivity index (χ1n) is 3.12. The maximum absolute atomic E-state index is 9.02. The van der Waals surface area contributed by atoms with E-state index in [1.54, 1.807) is 0 Å². The Kier molecular flexibility index (Phi) is 4.23. The van der Waals surface area contributed by atoms with Gasteiger partial charge in [0.1, 0.15) is 12.2 Å². The van der Waals surface area contributed by atoms with Gasteiger partial charge in [0.2, 0.25) is 6.23 Å². The van der Waals surface area contributed by atoms with Crippen LogP contribution in [-0.4, -0.2) is 46.5 Å². The third-order valence-corrected chi connectivity index (χ3v) is 1.61. The van der Waals surface area contributed by atoms with E-state index >= 15 is 0 Å². The molecule has 6 heteroatoms. The fraction of sp³-hybridized carbons (Fsp3) is 1.00. The first kappa shape index (κ1) is 11.1. The summed E-state index contributed by atoms with van der Waals surface area (Å²) in [5.74, 6) is 0. The van der Waals surface area contributed by atoms with Crippen molar-refractivity contribution < 1.29 is 38.2 Å². The zero-order valence-electron chi connectivity index (χ0n) is 5.85. The van der Waals surface area contributed by atoms with E-state index in [0.29, 0.717) is 0 Å². The van der Waals surface area contributed by atoms with Gasteiger partial charge in [-0.1, -0.05) is 0 Å². The van der Waals surface area contributed by atoms with Gasteiger partial charge in [-0.25, -0.2) is 0 Å². The lowest BCUT2D eigenvalue weighted by molar-refractivity contribution is -0.523. The zero-order chi connectivity index (χ0) is 7.72. The van der Waals surface area contributed by atoms with Gasteiger partial charge in [-0.3, -0.25) is 0 Å². The molecule has 0 aromatic carbocycles. The lowest BCUT2D eigenvalue weighted by atomic mass is 10.1. The van der Waals surface area contributed by atoms with E-state index in [9.17, 15) is 0 Å². The predicted octanol–water partition coefficient (Wildman–Crippen LogP) is -6.33. The normalized spacial score (nSPS) is 44.7. The molecule has 68 valence electrons. The van der Waals surface area contributed by atoms with Crippen molar-refractivity contribution in [2.45, 2.75) is 24.5 Å². The molecular formula is C5H12ClNO4.